The molecule has 2 saturated carbocycles. The fourth-order valence-corrected chi connectivity index (χ4v) is 3.96. The molecule has 2 bridgehead atoms. The van der Waals surface area contributed by atoms with Crippen LogP contribution in [-0.4, -0.2) is 24.5 Å². The van der Waals surface area contributed by atoms with Gasteiger partial charge in [0, 0.05) is 19.0 Å². The van der Waals surface area contributed by atoms with E-state index in [4.69, 9.17) is 5.73 Å². The largest absolute Gasteiger partial charge is 0.353 e. The summed E-state index contributed by atoms with van der Waals surface area (Å²) in [4.78, 5) is 22.4. The molecule has 0 heterocycles. The molecule has 0 aromatic heterocycles. The monoisotopic (exact) mass is 281 g/mol. The molecule has 3 amide bonds. The minimum Gasteiger partial charge on any atom is -0.353 e. The highest BCUT2D eigenvalue weighted by atomic mass is 16.2. The first-order chi connectivity index (χ1) is 9.56. The second kappa shape index (κ2) is 6.95. The summed E-state index contributed by atoms with van der Waals surface area (Å²) in [6.45, 7) is 2.70. The van der Waals surface area contributed by atoms with Crippen LogP contribution in [0.25, 0.3) is 0 Å². The van der Waals surface area contributed by atoms with Crippen LogP contribution in [0.4, 0.5) is 4.79 Å². The van der Waals surface area contributed by atoms with Crippen LogP contribution < -0.4 is 16.4 Å². The van der Waals surface area contributed by atoms with E-state index in [2.05, 4.69) is 17.6 Å². The summed E-state index contributed by atoms with van der Waals surface area (Å²) in [7, 11) is 0. The molecule has 2 rings (SSSR count). The number of rotatable bonds is 7. The van der Waals surface area contributed by atoms with E-state index in [0.717, 1.165) is 24.7 Å². The lowest BCUT2D eigenvalue weighted by Gasteiger charge is -2.28. The van der Waals surface area contributed by atoms with Crippen LogP contribution >= 0.6 is 0 Å². The van der Waals surface area contributed by atoms with Gasteiger partial charge in [-0.3, -0.25) is 4.79 Å². The third-order valence-corrected chi connectivity index (χ3v) is 4.95. The van der Waals surface area contributed by atoms with Crippen molar-refractivity contribution in [3.05, 3.63) is 0 Å². The summed E-state index contributed by atoms with van der Waals surface area (Å²) in [6, 6.07) is -0.194. The van der Waals surface area contributed by atoms with Crippen molar-refractivity contribution < 1.29 is 9.59 Å². The summed E-state index contributed by atoms with van der Waals surface area (Å²) in [6.07, 6.45) is 7.54. The molecule has 0 saturated heterocycles. The number of nitrogens with one attached hydrogen (secondary N) is 2. The van der Waals surface area contributed by atoms with E-state index >= 15 is 0 Å². The zero-order valence-electron chi connectivity index (χ0n) is 12.4. The lowest BCUT2D eigenvalue weighted by atomic mass is 9.84. The maximum atomic E-state index is 11.9. The van der Waals surface area contributed by atoms with E-state index in [1.54, 1.807) is 0 Å². The maximum absolute atomic E-state index is 11.9. The predicted octanol–water partition coefficient (Wildman–Crippen LogP) is 1.77. The number of hydrogen-bond acceptors (Lipinski definition) is 2. The van der Waals surface area contributed by atoms with Crippen LogP contribution in [0.1, 0.15) is 51.9 Å². The molecule has 2 aliphatic rings. The third kappa shape index (κ3) is 4.12. The standard InChI is InChI=1S/C15H27N3O2/c1-10(13-9-11-5-6-12(13)8-11)18-14(19)4-2-3-7-17-15(16)20/h10-13H,2-9H2,1H3,(H,18,19)(H3,16,17,20). The third-order valence-electron chi connectivity index (χ3n) is 4.95. The van der Waals surface area contributed by atoms with Crippen LogP contribution in [0.2, 0.25) is 0 Å². The molecule has 114 valence electrons. The van der Waals surface area contributed by atoms with Crippen molar-refractivity contribution >= 4 is 11.9 Å². The highest BCUT2D eigenvalue weighted by molar-refractivity contribution is 5.76. The zero-order valence-corrected chi connectivity index (χ0v) is 12.4. The first kappa shape index (κ1) is 15.1. The number of unbranched alkanes of at least 4 members (excludes halogenated alkanes) is 1. The average molecular weight is 281 g/mol. The first-order valence-electron chi connectivity index (χ1n) is 7.89. The number of primary amides is 1. The Morgan fingerprint density at radius 3 is 2.65 bits per heavy atom. The molecular weight excluding hydrogens is 254 g/mol. The number of carbonyl (C=O) groups is 2. The van der Waals surface area contributed by atoms with E-state index in [9.17, 15) is 9.59 Å². The predicted molar refractivity (Wildman–Crippen MR) is 78.0 cm³/mol. The van der Waals surface area contributed by atoms with Gasteiger partial charge in [-0.1, -0.05) is 6.42 Å². The van der Waals surface area contributed by atoms with Crippen LogP contribution in [-0.2, 0) is 4.79 Å². The molecule has 5 heteroatoms. The van der Waals surface area contributed by atoms with Crippen LogP contribution in [0.3, 0.4) is 0 Å². The summed E-state index contributed by atoms with van der Waals surface area (Å²) < 4.78 is 0. The summed E-state index contributed by atoms with van der Waals surface area (Å²) in [5.41, 5.74) is 4.97. The van der Waals surface area contributed by atoms with E-state index in [1.165, 1.54) is 25.7 Å². The van der Waals surface area contributed by atoms with Gasteiger partial charge in [0.1, 0.15) is 0 Å². The Labute approximate surface area is 121 Å². The van der Waals surface area contributed by atoms with E-state index < -0.39 is 6.03 Å². The number of fused-ring (bicyclic) bond motifs is 2. The average Bonchev–Trinajstić information content (AvgIpc) is 3.00. The minimum absolute atomic E-state index is 0.138. The van der Waals surface area contributed by atoms with Gasteiger partial charge >= 0.3 is 6.03 Å². The second-order valence-electron chi connectivity index (χ2n) is 6.44. The normalized spacial score (nSPS) is 29.1. The molecule has 20 heavy (non-hydrogen) atoms. The minimum atomic E-state index is -0.501. The molecule has 0 aliphatic heterocycles. The van der Waals surface area contributed by atoms with Crippen molar-refractivity contribution in [2.45, 2.75) is 57.9 Å². The molecule has 0 spiro atoms. The molecule has 4 unspecified atom stereocenters. The van der Waals surface area contributed by atoms with Gasteiger partial charge in [0.2, 0.25) is 5.91 Å². The van der Waals surface area contributed by atoms with E-state index in [0.29, 0.717) is 24.9 Å². The molecule has 0 radical (unpaired) electrons. The second-order valence-corrected chi connectivity index (χ2v) is 6.44. The van der Waals surface area contributed by atoms with Crippen LogP contribution in [0.15, 0.2) is 0 Å². The lowest BCUT2D eigenvalue weighted by Crippen LogP contribution is -2.40. The number of urea groups is 1. The number of carbonyl (C=O) groups excluding carboxylic acids is 2. The molecular formula is C15H27N3O2. The maximum Gasteiger partial charge on any atom is 0.312 e. The van der Waals surface area contributed by atoms with E-state index in [1.807, 2.05) is 0 Å². The Balaban J connectivity index is 1.58. The molecule has 4 atom stereocenters. The van der Waals surface area contributed by atoms with Gasteiger partial charge in [0.25, 0.3) is 0 Å². The van der Waals surface area contributed by atoms with Crippen molar-refractivity contribution in [3.63, 3.8) is 0 Å². The zero-order chi connectivity index (χ0) is 14.5. The van der Waals surface area contributed by atoms with Crippen molar-refractivity contribution in [2.75, 3.05) is 6.54 Å². The van der Waals surface area contributed by atoms with Gasteiger partial charge in [-0.25, -0.2) is 4.79 Å². The van der Waals surface area contributed by atoms with Gasteiger partial charge in [-0.15, -0.1) is 0 Å². The van der Waals surface area contributed by atoms with Crippen LogP contribution in [0.5, 0.6) is 0 Å². The van der Waals surface area contributed by atoms with Crippen molar-refractivity contribution in [1.82, 2.24) is 10.6 Å². The molecule has 0 aromatic carbocycles. The summed E-state index contributed by atoms with van der Waals surface area (Å²) in [5.74, 6) is 2.59. The summed E-state index contributed by atoms with van der Waals surface area (Å²) in [5, 5.41) is 5.69. The molecule has 5 nitrogen and oxygen atoms in total. The van der Waals surface area contributed by atoms with Gasteiger partial charge in [0.15, 0.2) is 0 Å². The van der Waals surface area contributed by atoms with Crippen molar-refractivity contribution in [1.29, 1.82) is 0 Å². The first-order valence-corrected chi connectivity index (χ1v) is 7.89. The number of nitrogens with two attached hydrogens (primary N) is 1. The number of amides is 3. The van der Waals surface area contributed by atoms with Crippen molar-refractivity contribution in [3.8, 4) is 0 Å². The molecule has 0 aromatic rings. The van der Waals surface area contributed by atoms with Gasteiger partial charge < -0.3 is 16.4 Å². The lowest BCUT2D eigenvalue weighted by molar-refractivity contribution is -0.122. The molecule has 2 aliphatic carbocycles. The van der Waals surface area contributed by atoms with Crippen LogP contribution in [0, 0.1) is 17.8 Å². The molecule has 2 fully saturated rings. The Hall–Kier alpha value is -1.26. The van der Waals surface area contributed by atoms with Gasteiger partial charge in [-0.05, 0) is 56.8 Å². The Morgan fingerprint density at radius 1 is 1.25 bits per heavy atom. The quantitative estimate of drug-likeness (QED) is 0.621. The fraction of sp³-hybridized carbons (Fsp3) is 0.867. The van der Waals surface area contributed by atoms with Crippen molar-refractivity contribution in [2.24, 2.45) is 23.5 Å². The SMILES string of the molecule is CC(NC(=O)CCCCNC(N)=O)C1CC2CCC1C2. The smallest absolute Gasteiger partial charge is 0.312 e. The Kier molecular flexibility index (Phi) is 5.26. The number of hydrogen-bond donors (Lipinski definition) is 3. The summed E-state index contributed by atoms with van der Waals surface area (Å²) >= 11 is 0. The molecule has 4 N–H and O–H groups in total. The fourth-order valence-electron chi connectivity index (χ4n) is 3.96. The highest BCUT2D eigenvalue weighted by Crippen LogP contribution is 2.49. The van der Waals surface area contributed by atoms with Gasteiger partial charge in [0.05, 0.1) is 0 Å². The van der Waals surface area contributed by atoms with Gasteiger partial charge in [-0.2, -0.15) is 0 Å². The Bertz CT molecular complexity index is 359. The topological polar surface area (TPSA) is 84.2 Å². The highest BCUT2D eigenvalue weighted by Gasteiger charge is 2.41. The Morgan fingerprint density at radius 2 is 2.05 bits per heavy atom. The van der Waals surface area contributed by atoms with E-state index in [-0.39, 0.29) is 5.91 Å².